The van der Waals surface area contributed by atoms with Gasteiger partial charge in [-0.25, -0.2) is 4.79 Å². The molecule has 0 saturated carbocycles. The number of terminal acetylenes is 1. The van der Waals surface area contributed by atoms with Gasteiger partial charge in [0.1, 0.15) is 17.7 Å². The van der Waals surface area contributed by atoms with Gasteiger partial charge in [-0.05, 0) is 70.1 Å². The van der Waals surface area contributed by atoms with E-state index in [0.29, 0.717) is 18.5 Å². The minimum atomic E-state index is -1.02. The topological polar surface area (TPSA) is 87.7 Å². The van der Waals surface area contributed by atoms with E-state index >= 15 is 0 Å². The number of hydrogen-bond acceptors (Lipinski definition) is 4. The average Bonchev–Trinajstić information content (AvgIpc) is 2.71. The van der Waals surface area contributed by atoms with Crippen molar-refractivity contribution in [1.29, 1.82) is 0 Å². The Hall–Kier alpha value is -3.01. The number of ether oxygens (including phenoxy) is 1. The summed E-state index contributed by atoms with van der Waals surface area (Å²) in [7, 11) is 0. The Morgan fingerprint density at radius 1 is 1.18 bits per heavy atom. The number of carbonyl (C=O) groups is 3. The van der Waals surface area contributed by atoms with E-state index in [0.717, 1.165) is 28.9 Å². The van der Waals surface area contributed by atoms with Crippen LogP contribution in [0, 0.1) is 32.2 Å². The van der Waals surface area contributed by atoms with Gasteiger partial charge in [0, 0.05) is 12.6 Å². The van der Waals surface area contributed by atoms with Crippen LogP contribution in [0.15, 0.2) is 18.2 Å². The number of rotatable bonds is 10. The van der Waals surface area contributed by atoms with Gasteiger partial charge in [-0.15, -0.1) is 0 Å². The van der Waals surface area contributed by atoms with Gasteiger partial charge >= 0.3 is 6.09 Å². The first-order valence-electron chi connectivity index (χ1n) is 11.9. The van der Waals surface area contributed by atoms with Gasteiger partial charge in [-0.3, -0.25) is 14.5 Å². The number of nitrogens with zero attached hydrogens (tertiary/aromatic N) is 1. The first kappa shape index (κ1) is 29.0. The highest BCUT2D eigenvalue weighted by Gasteiger charge is 2.36. The molecule has 0 aliphatic rings. The van der Waals surface area contributed by atoms with E-state index in [1.807, 2.05) is 52.8 Å². The second-order valence-corrected chi connectivity index (χ2v) is 10.0. The summed E-state index contributed by atoms with van der Waals surface area (Å²) in [6.07, 6.45) is 7.19. The molecule has 34 heavy (non-hydrogen) atoms. The van der Waals surface area contributed by atoms with Crippen LogP contribution in [-0.2, 0) is 14.3 Å². The molecule has 2 N–H and O–H groups in total. The van der Waals surface area contributed by atoms with E-state index < -0.39 is 29.7 Å². The molecule has 0 fully saturated rings. The largest absolute Gasteiger partial charge is 0.444 e. The maximum absolute atomic E-state index is 13.7. The van der Waals surface area contributed by atoms with Gasteiger partial charge in [0.05, 0.1) is 0 Å². The number of nitrogens with one attached hydrogen (secondary N) is 2. The van der Waals surface area contributed by atoms with Crippen molar-refractivity contribution in [1.82, 2.24) is 15.5 Å². The van der Waals surface area contributed by atoms with Crippen molar-refractivity contribution in [2.75, 3.05) is 6.54 Å². The predicted molar refractivity (Wildman–Crippen MR) is 135 cm³/mol. The van der Waals surface area contributed by atoms with Gasteiger partial charge in [-0.1, -0.05) is 51.8 Å². The Kier molecular flexibility index (Phi) is 11.1. The van der Waals surface area contributed by atoms with Crippen molar-refractivity contribution in [2.24, 2.45) is 5.92 Å². The monoisotopic (exact) mass is 471 g/mol. The molecular weight excluding hydrogens is 430 g/mol. The summed E-state index contributed by atoms with van der Waals surface area (Å²) in [6, 6.07) is 6.05. The SMILES string of the molecule is C#CN(C(=O)C(CC(C)C)NC(=O)OC(C)(C)C)C(C(=O)NCCCC)c1cccc(C)c1C. The zero-order valence-electron chi connectivity index (χ0n) is 22.0. The Morgan fingerprint density at radius 3 is 2.35 bits per heavy atom. The van der Waals surface area contributed by atoms with E-state index in [-0.39, 0.29) is 11.8 Å². The van der Waals surface area contributed by atoms with Crippen molar-refractivity contribution in [3.05, 3.63) is 34.9 Å². The number of alkyl carbamates (subject to hydrolysis) is 1. The second kappa shape index (κ2) is 13.0. The number of amides is 3. The molecule has 0 aliphatic carbocycles. The van der Waals surface area contributed by atoms with E-state index in [2.05, 4.69) is 16.7 Å². The molecule has 1 aromatic rings. The van der Waals surface area contributed by atoms with E-state index in [9.17, 15) is 14.4 Å². The summed E-state index contributed by atoms with van der Waals surface area (Å²) in [5, 5.41) is 5.57. The maximum Gasteiger partial charge on any atom is 0.408 e. The summed E-state index contributed by atoms with van der Waals surface area (Å²) in [5.74, 6) is -0.798. The van der Waals surface area contributed by atoms with Gasteiger partial charge in [0.15, 0.2) is 0 Å². The van der Waals surface area contributed by atoms with Crippen molar-refractivity contribution < 1.29 is 19.1 Å². The molecule has 0 aliphatic heterocycles. The quantitative estimate of drug-likeness (QED) is 0.296. The molecule has 3 amide bonds. The molecule has 0 radical (unpaired) electrons. The van der Waals surface area contributed by atoms with Crippen LogP contribution in [0.5, 0.6) is 0 Å². The zero-order chi connectivity index (χ0) is 26.1. The summed E-state index contributed by atoms with van der Waals surface area (Å²) in [6.45, 7) is 15.5. The standard InChI is InChI=1S/C27H41N3O4/c1-10-12-16-28-24(31)23(21-15-13-14-19(5)20(21)6)30(11-2)25(32)22(17-18(3)4)29-26(33)34-27(7,8)9/h2,13-15,18,22-23H,10,12,16-17H2,1,3-9H3,(H,28,31)(H,29,33). The number of aryl methyl sites for hydroxylation is 1. The van der Waals surface area contributed by atoms with E-state index in [4.69, 9.17) is 11.2 Å². The summed E-state index contributed by atoms with van der Waals surface area (Å²) in [4.78, 5) is 40.6. The zero-order valence-corrected chi connectivity index (χ0v) is 22.0. The second-order valence-electron chi connectivity index (χ2n) is 10.0. The van der Waals surface area contributed by atoms with Crippen LogP contribution in [0.25, 0.3) is 0 Å². The molecule has 0 bridgehead atoms. The fourth-order valence-electron chi connectivity index (χ4n) is 3.53. The van der Waals surface area contributed by atoms with Gasteiger partial charge in [0.25, 0.3) is 5.91 Å². The third kappa shape index (κ3) is 8.74. The summed E-state index contributed by atoms with van der Waals surface area (Å²) in [5.41, 5.74) is 1.80. The lowest BCUT2D eigenvalue weighted by Gasteiger charge is -2.31. The lowest BCUT2D eigenvalue weighted by Crippen LogP contribution is -2.52. The highest BCUT2D eigenvalue weighted by Crippen LogP contribution is 2.27. The first-order chi connectivity index (χ1) is 15.8. The molecule has 0 spiro atoms. The van der Waals surface area contributed by atoms with Crippen LogP contribution >= 0.6 is 0 Å². The number of hydrogen-bond donors (Lipinski definition) is 2. The fraction of sp³-hybridized carbons (Fsp3) is 0.593. The van der Waals surface area contributed by atoms with Crippen molar-refractivity contribution >= 4 is 17.9 Å². The Bertz CT molecular complexity index is 896. The van der Waals surface area contributed by atoms with Crippen molar-refractivity contribution in [2.45, 2.75) is 92.3 Å². The number of carbonyl (C=O) groups excluding carboxylic acids is 3. The molecule has 1 aromatic carbocycles. The lowest BCUT2D eigenvalue weighted by molar-refractivity contribution is -0.138. The van der Waals surface area contributed by atoms with Gasteiger partial charge < -0.3 is 15.4 Å². The number of benzene rings is 1. The Morgan fingerprint density at radius 2 is 1.82 bits per heavy atom. The van der Waals surface area contributed by atoms with Crippen LogP contribution in [0.1, 0.15) is 83.5 Å². The predicted octanol–water partition coefficient (Wildman–Crippen LogP) is 4.62. The number of unbranched alkanes of at least 4 members (excludes halogenated alkanes) is 1. The molecule has 0 saturated heterocycles. The molecule has 2 unspecified atom stereocenters. The summed E-state index contributed by atoms with van der Waals surface area (Å²) < 4.78 is 5.35. The van der Waals surface area contributed by atoms with Crippen LogP contribution in [0.4, 0.5) is 4.79 Å². The highest BCUT2D eigenvalue weighted by molar-refractivity contribution is 5.93. The molecule has 188 valence electrons. The molecule has 0 heterocycles. The van der Waals surface area contributed by atoms with Gasteiger partial charge in [0.2, 0.25) is 5.91 Å². The van der Waals surface area contributed by atoms with Crippen LogP contribution in [0.3, 0.4) is 0 Å². The smallest absolute Gasteiger partial charge is 0.408 e. The molecule has 7 nitrogen and oxygen atoms in total. The van der Waals surface area contributed by atoms with Crippen molar-refractivity contribution in [3.8, 4) is 12.5 Å². The minimum Gasteiger partial charge on any atom is -0.444 e. The third-order valence-corrected chi connectivity index (χ3v) is 5.35. The van der Waals surface area contributed by atoms with E-state index in [1.54, 1.807) is 20.8 Å². The molecule has 0 aromatic heterocycles. The van der Waals surface area contributed by atoms with Crippen LogP contribution in [-0.4, -0.2) is 41.0 Å². The normalized spacial score (nSPS) is 12.9. The molecular formula is C27H41N3O4. The third-order valence-electron chi connectivity index (χ3n) is 5.35. The van der Waals surface area contributed by atoms with Crippen molar-refractivity contribution in [3.63, 3.8) is 0 Å². The maximum atomic E-state index is 13.7. The van der Waals surface area contributed by atoms with Crippen LogP contribution in [0.2, 0.25) is 0 Å². The average molecular weight is 472 g/mol. The molecule has 1 rings (SSSR count). The first-order valence-corrected chi connectivity index (χ1v) is 11.9. The lowest BCUT2D eigenvalue weighted by atomic mass is 9.94. The van der Waals surface area contributed by atoms with Gasteiger partial charge in [-0.2, -0.15) is 0 Å². The molecule has 7 heteroatoms. The highest BCUT2D eigenvalue weighted by atomic mass is 16.6. The Balaban J connectivity index is 3.40. The summed E-state index contributed by atoms with van der Waals surface area (Å²) >= 11 is 0. The Labute approximate surface area is 205 Å². The fourth-order valence-corrected chi connectivity index (χ4v) is 3.53. The minimum absolute atomic E-state index is 0.0843. The van der Waals surface area contributed by atoms with Crippen LogP contribution < -0.4 is 10.6 Å². The van der Waals surface area contributed by atoms with E-state index in [1.165, 1.54) is 0 Å². The molecule has 2 atom stereocenters.